The van der Waals surface area contributed by atoms with Crippen LogP contribution in [-0.2, 0) is 11.2 Å². The normalized spacial score (nSPS) is 11.2. The highest BCUT2D eigenvalue weighted by molar-refractivity contribution is 5.83. The number of ketones is 1. The first-order valence-corrected chi connectivity index (χ1v) is 6.10. The van der Waals surface area contributed by atoms with E-state index in [0.717, 1.165) is 0 Å². The van der Waals surface area contributed by atoms with Gasteiger partial charge in [-0.1, -0.05) is 20.8 Å². The molecule has 104 valence electrons. The molecular weight excluding hydrogens is 246 g/mol. The molecule has 0 aliphatic carbocycles. The van der Waals surface area contributed by atoms with Crippen LogP contribution < -0.4 is 4.74 Å². The average Bonchev–Trinajstić information content (AvgIpc) is 2.34. The Morgan fingerprint density at radius 1 is 1.37 bits per heavy atom. The van der Waals surface area contributed by atoms with Gasteiger partial charge in [0.05, 0.1) is 12.0 Å². The maximum atomic E-state index is 11.9. The smallest absolute Gasteiger partial charge is 0.269 e. The highest BCUT2D eigenvalue weighted by Crippen LogP contribution is 2.26. The minimum absolute atomic E-state index is 0.0130. The van der Waals surface area contributed by atoms with Crippen molar-refractivity contribution in [2.45, 2.75) is 33.6 Å². The van der Waals surface area contributed by atoms with Crippen LogP contribution in [0.5, 0.6) is 5.75 Å². The molecule has 0 unspecified atom stereocenters. The van der Waals surface area contributed by atoms with Crippen molar-refractivity contribution >= 4 is 11.5 Å². The summed E-state index contributed by atoms with van der Waals surface area (Å²) in [6.45, 7) is 5.58. The Labute approximate surface area is 112 Å². The summed E-state index contributed by atoms with van der Waals surface area (Å²) < 4.78 is 5.16. The number of hydrogen-bond acceptors (Lipinski definition) is 4. The number of aryl methyl sites for hydroxylation is 1. The van der Waals surface area contributed by atoms with Gasteiger partial charge in [-0.25, -0.2) is 0 Å². The molecular formula is C14H19NO4. The maximum absolute atomic E-state index is 11.9. The first-order chi connectivity index (χ1) is 8.75. The van der Waals surface area contributed by atoms with Crippen LogP contribution in [0.1, 0.15) is 32.8 Å². The van der Waals surface area contributed by atoms with Crippen LogP contribution >= 0.6 is 0 Å². The topological polar surface area (TPSA) is 69.4 Å². The SMILES string of the molecule is COc1ccc([N+](=O)[O-])cc1CCC(=O)C(C)(C)C. The number of ether oxygens (including phenoxy) is 1. The van der Waals surface area contributed by atoms with Gasteiger partial charge in [0.15, 0.2) is 0 Å². The van der Waals surface area contributed by atoms with Crippen LogP contribution in [0.3, 0.4) is 0 Å². The van der Waals surface area contributed by atoms with Gasteiger partial charge in [0.2, 0.25) is 0 Å². The Bertz CT molecular complexity index is 489. The minimum atomic E-state index is -0.450. The van der Waals surface area contributed by atoms with Gasteiger partial charge in [-0.05, 0) is 12.5 Å². The van der Waals surface area contributed by atoms with E-state index in [-0.39, 0.29) is 11.5 Å². The van der Waals surface area contributed by atoms with Gasteiger partial charge in [0, 0.05) is 29.5 Å². The Balaban J connectivity index is 2.90. The molecule has 1 aromatic carbocycles. The number of nitro benzene ring substituents is 1. The molecule has 0 aromatic heterocycles. The Morgan fingerprint density at radius 3 is 2.47 bits per heavy atom. The first-order valence-electron chi connectivity index (χ1n) is 6.10. The van der Waals surface area contributed by atoms with E-state index < -0.39 is 10.3 Å². The number of hydrogen-bond donors (Lipinski definition) is 0. The summed E-state index contributed by atoms with van der Waals surface area (Å²) in [7, 11) is 1.51. The molecule has 0 heterocycles. The zero-order valence-electron chi connectivity index (χ0n) is 11.7. The lowest BCUT2D eigenvalue weighted by atomic mass is 9.87. The predicted molar refractivity (Wildman–Crippen MR) is 72.4 cm³/mol. The van der Waals surface area contributed by atoms with Crippen LogP contribution in [0.25, 0.3) is 0 Å². The summed E-state index contributed by atoms with van der Waals surface area (Å²) in [6.07, 6.45) is 0.794. The molecule has 0 saturated carbocycles. The van der Waals surface area contributed by atoms with E-state index in [1.807, 2.05) is 20.8 Å². The molecule has 0 aliphatic heterocycles. The van der Waals surface area contributed by atoms with E-state index >= 15 is 0 Å². The second-order valence-corrected chi connectivity index (χ2v) is 5.43. The van der Waals surface area contributed by atoms with E-state index in [4.69, 9.17) is 4.74 Å². The molecule has 1 aromatic rings. The standard InChI is InChI=1S/C14H19NO4/c1-14(2,3)13(16)8-5-10-9-11(15(17)18)6-7-12(10)19-4/h6-7,9H,5,8H2,1-4H3. The number of non-ortho nitro benzene ring substituents is 1. The van der Waals surface area contributed by atoms with Gasteiger partial charge in [-0.2, -0.15) is 0 Å². The molecule has 1 rings (SSSR count). The van der Waals surface area contributed by atoms with Crippen molar-refractivity contribution in [3.63, 3.8) is 0 Å². The molecule has 0 spiro atoms. The fourth-order valence-corrected chi connectivity index (χ4v) is 1.70. The molecule has 5 heteroatoms. The summed E-state index contributed by atoms with van der Waals surface area (Å²) in [5.74, 6) is 0.702. The van der Waals surface area contributed by atoms with Gasteiger partial charge >= 0.3 is 0 Å². The molecule has 19 heavy (non-hydrogen) atoms. The lowest BCUT2D eigenvalue weighted by molar-refractivity contribution is -0.384. The summed E-state index contributed by atoms with van der Waals surface area (Å²) in [4.78, 5) is 22.2. The number of nitro groups is 1. The van der Waals surface area contributed by atoms with E-state index in [0.29, 0.717) is 24.2 Å². The molecule has 0 radical (unpaired) electrons. The summed E-state index contributed by atoms with van der Waals surface area (Å²) >= 11 is 0. The lowest BCUT2D eigenvalue weighted by Gasteiger charge is -2.16. The summed E-state index contributed by atoms with van der Waals surface area (Å²) in [6, 6.07) is 4.43. The first kappa shape index (κ1) is 15.1. The van der Waals surface area contributed by atoms with Gasteiger partial charge in [0.25, 0.3) is 5.69 Å². The van der Waals surface area contributed by atoms with Gasteiger partial charge in [-0.3, -0.25) is 14.9 Å². The van der Waals surface area contributed by atoms with E-state index in [1.165, 1.54) is 19.2 Å². The van der Waals surface area contributed by atoms with Gasteiger partial charge < -0.3 is 4.74 Å². The van der Waals surface area contributed by atoms with Crippen LogP contribution in [0.15, 0.2) is 18.2 Å². The number of benzene rings is 1. The Morgan fingerprint density at radius 2 is 2.00 bits per heavy atom. The Kier molecular flexibility index (Phi) is 4.64. The fourth-order valence-electron chi connectivity index (χ4n) is 1.70. The summed E-state index contributed by atoms with van der Waals surface area (Å²) in [5, 5.41) is 10.7. The third-order valence-electron chi connectivity index (χ3n) is 2.93. The molecule has 0 N–H and O–H groups in total. The van der Waals surface area contributed by atoms with E-state index in [2.05, 4.69) is 0 Å². The van der Waals surface area contributed by atoms with Crippen LogP contribution in [0, 0.1) is 15.5 Å². The zero-order valence-corrected chi connectivity index (χ0v) is 11.7. The Hall–Kier alpha value is -1.91. The van der Waals surface area contributed by atoms with Crippen molar-refractivity contribution in [1.82, 2.24) is 0 Å². The molecule has 0 fully saturated rings. The van der Waals surface area contributed by atoms with E-state index in [9.17, 15) is 14.9 Å². The number of carbonyl (C=O) groups is 1. The number of nitrogens with zero attached hydrogens (tertiary/aromatic N) is 1. The average molecular weight is 265 g/mol. The maximum Gasteiger partial charge on any atom is 0.269 e. The molecule has 5 nitrogen and oxygen atoms in total. The van der Waals surface area contributed by atoms with Crippen LogP contribution in [-0.4, -0.2) is 17.8 Å². The molecule has 0 saturated heterocycles. The fraction of sp³-hybridized carbons (Fsp3) is 0.500. The minimum Gasteiger partial charge on any atom is -0.496 e. The van der Waals surface area contributed by atoms with Crippen molar-refractivity contribution in [2.75, 3.05) is 7.11 Å². The number of Topliss-reactive ketones (excluding diaryl/α,β-unsaturated/α-hetero) is 1. The van der Waals surface area contributed by atoms with Crippen LogP contribution in [0.4, 0.5) is 5.69 Å². The second-order valence-electron chi connectivity index (χ2n) is 5.43. The number of carbonyl (C=O) groups excluding carboxylic acids is 1. The number of rotatable bonds is 5. The zero-order chi connectivity index (χ0) is 14.6. The van der Waals surface area contributed by atoms with Crippen molar-refractivity contribution in [2.24, 2.45) is 5.41 Å². The summed E-state index contributed by atoms with van der Waals surface area (Å²) in [5.41, 5.74) is 0.307. The highest BCUT2D eigenvalue weighted by atomic mass is 16.6. The van der Waals surface area contributed by atoms with Gasteiger partial charge in [0.1, 0.15) is 11.5 Å². The lowest BCUT2D eigenvalue weighted by Crippen LogP contribution is -2.20. The number of methoxy groups -OCH3 is 1. The molecule has 0 bridgehead atoms. The van der Waals surface area contributed by atoms with Crippen LogP contribution in [0.2, 0.25) is 0 Å². The quantitative estimate of drug-likeness (QED) is 0.605. The van der Waals surface area contributed by atoms with Crippen molar-refractivity contribution < 1.29 is 14.5 Å². The van der Waals surface area contributed by atoms with Crippen molar-refractivity contribution in [3.05, 3.63) is 33.9 Å². The second kappa shape index (κ2) is 5.82. The van der Waals surface area contributed by atoms with E-state index in [1.54, 1.807) is 6.07 Å². The highest BCUT2D eigenvalue weighted by Gasteiger charge is 2.21. The third kappa shape index (κ3) is 4.05. The molecule has 0 atom stereocenters. The van der Waals surface area contributed by atoms with Gasteiger partial charge in [-0.15, -0.1) is 0 Å². The largest absolute Gasteiger partial charge is 0.496 e. The van der Waals surface area contributed by atoms with Crippen molar-refractivity contribution in [3.8, 4) is 5.75 Å². The van der Waals surface area contributed by atoms with Crippen molar-refractivity contribution in [1.29, 1.82) is 0 Å². The molecule has 0 aliphatic rings. The predicted octanol–water partition coefficient (Wildman–Crippen LogP) is 3.15. The third-order valence-corrected chi connectivity index (χ3v) is 2.93. The molecule has 0 amide bonds. The monoisotopic (exact) mass is 265 g/mol.